The fourth-order valence-corrected chi connectivity index (χ4v) is 14.0. The van der Waals surface area contributed by atoms with Gasteiger partial charge in [0.25, 0.3) is 0 Å². The van der Waals surface area contributed by atoms with Crippen LogP contribution in [0.3, 0.4) is 0 Å². The van der Waals surface area contributed by atoms with Gasteiger partial charge in [-0.3, -0.25) is 14.4 Å². The average Bonchev–Trinajstić information content (AvgIpc) is 3.80. The highest BCUT2D eigenvalue weighted by Crippen LogP contribution is 2.77. The van der Waals surface area contributed by atoms with Gasteiger partial charge in [0.2, 0.25) is 0 Å². The normalized spacial score (nSPS) is 38.6. The van der Waals surface area contributed by atoms with Crippen molar-refractivity contribution in [2.24, 2.45) is 56.2 Å². The molecular weight excluding hydrogens is 698 g/mol. The number of carbonyl (C=O) groups excluding carboxylic acids is 2. The molecule has 0 bridgehead atoms. The number of allylic oxidation sites excluding steroid dienone is 1. The second kappa shape index (κ2) is 13.2. The topological polar surface area (TPSA) is 113 Å². The predicted molar refractivity (Wildman–Crippen MR) is 212 cm³/mol. The van der Waals surface area contributed by atoms with Gasteiger partial charge >= 0.3 is 11.9 Å². The molecule has 0 amide bonds. The van der Waals surface area contributed by atoms with Crippen LogP contribution in [0.25, 0.3) is 0 Å². The van der Waals surface area contributed by atoms with Gasteiger partial charge in [0, 0.05) is 34.4 Å². The van der Waals surface area contributed by atoms with Crippen LogP contribution in [0.5, 0.6) is 0 Å². The maximum atomic E-state index is 14.2. The van der Waals surface area contributed by atoms with Crippen LogP contribution < -0.4 is 5.32 Å². The zero-order chi connectivity index (χ0) is 39.4. The lowest BCUT2D eigenvalue weighted by Gasteiger charge is -2.72. The van der Waals surface area contributed by atoms with Gasteiger partial charge in [-0.15, -0.1) is 0 Å². The third-order valence-electron chi connectivity index (χ3n) is 17.3. The lowest BCUT2D eigenvalue weighted by Crippen LogP contribution is -2.66. The molecule has 0 heterocycles. The molecular formula is C46H66ClNO6. The summed E-state index contributed by atoms with van der Waals surface area (Å²) in [6.45, 7) is 20.1. The number of carboxylic acids is 1. The number of benzene rings is 1. The number of halogens is 1. The van der Waals surface area contributed by atoms with Crippen LogP contribution in [0.15, 0.2) is 35.4 Å². The minimum Gasteiger partial charge on any atom is -0.481 e. The van der Waals surface area contributed by atoms with E-state index in [1.54, 1.807) is 13.8 Å². The number of fused-ring (bicyclic) bond motifs is 7. The van der Waals surface area contributed by atoms with E-state index in [0.29, 0.717) is 24.8 Å². The molecule has 9 atom stereocenters. The Kier molecular flexibility index (Phi) is 9.75. The van der Waals surface area contributed by atoms with Crippen LogP contribution in [0, 0.1) is 56.2 Å². The van der Waals surface area contributed by atoms with Gasteiger partial charge in [0.1, 0.15) is 6.10 Å². The van der Waals surface area contributed by atoms with Crippen LogP contribution in [0.4, 0.5) is 0 Å². The van der Waals surface area contributed by atoms with E-state index in [-0.39, 0.29) is 57.3 Å². The second-order valence-corrected chi connectivity index (χ2v) is 21.5. The SMILES string of the molecule is CC(C)C1=C2[C@H]3CC[C@@H]4[C@@]5(C)CC[C@H](OC(=O)CC(C)(C)C(=O)O)C(C)(C)[C@@H]5CC[C@@]4(C)[C@]3(C)CCC2([C@@H](O)CNC2(c3ccc(Cl)cc3)CC2)CC1=O. The summed E-state index contributed by atoms with van der Waals surface area (Å²) >= 11 is 6.22. The maximum absolute atomic E-state index is 14.2. The lowest BCUT2D eigenvalue weighted by molar-refractivity contribution is -0.235. The van der Waals surface area contributed by atoms with E-state index in [4.69, 9.17) is 16.3 Å². The standard InChI is InChI=1S/C46H66ClNO6/c1-27(2)37-31(49)24-45(34(50)26-48-46(22-23-46)28-10-12-29(47)13-11-28)21-20-43(8)30(38(37)45)14-15-33-42(7)18-17-35(54-36(51)25-40(3,4)39(52)53)41(5,6)32(42)16-19-44(33,43)9/h10-13,27,30,32-35,48,50H,14-26H2,1-9H3,(H,52,53)/t30-,32+,33-,34+,35+,42+,43-,44-,45?/m1/s1. The highest BCUT2D eigenvalue weighted by Gasteiger charge is 2.71. The summed E-state index contributed by atoms with van der Waals surface area (Å²) in [4.78, 5) is 39.0. The van der Waals surface area contributed by atoms with E-state index in [1.165, 1.54) is 11.1 Å². The molecule has 1 aromatic rings. The number of nitrogens with one attached hydrogen (secondary N) is 1. The highest BCUT2D eigenvalue weighted by molar-refractivity contribution is 6.30. The number of ketones is 1. The molecule has 1 aromatic carbocycles. The monoisotopic (exact) mass is 763 g/mol. The Balaban J connectivity index is 1.15. The first-order chi connectivity index (χ1) is 25.1. The van der Waals surface area contributed by atoms with Gasteiger partial charge in [0.15, 0.2) is 5.78 Å². The first-order valence-electron chi connectivity index (χ1n) is 21.0. The quantitative estimate of drug-likeness (QED) is 0.204. The van der Waals surface area contributed by atoms with Crippen molar-refractivity contribution in [2.45, 2.75) is 157 Å². The number of hydrogen-bond acceptors (Lipinski definition) is 6. The van der Waals surface area contributed by atoms with Gasteiger partial charge < -0.3 is 20.3 Å². The van der Waals surface area contributed by atoms with Gasteiger partial charge in [-0.2, -0.15) is 0 Å². The number of hydrogen-bond donors (Lipinski definition) is 3. The Bertz CT molecular complexity index is 1730. The Labute approximate surface area is 328 Å². The zero-order valence-corrected chi connectivity index (χ0v) is 35.1. The molecule has 7 nitrogen and oxygen atoms in total. The maximum Gasteiger partial charge on any atom is 0.309 e. The van der Waals surface area contributed by atoms with Crippen molar-refractivity contribution in [2.75, 3.05) is 6.54 Å². The summed E-state index contributed by atoms with van der Waals surface area (Å²) in [5, 5.41) is 26.5. The first kappa shape index (κ1) is 40.0. The number of carbonyl (C=O) groups is 3. The number of aliphatic hydroxyl groups is 1. The van der Waals surface area contributed by atoms with Gasteiger partial charge in [-0.25, -0.2) is 0 Å². The summed E-state index contributed by atoms with van der Waals surface area (Å²) in [6.07, 6.45) is 9.26. The van der Waals surface area contributed by atoms with Crippen LogP contribution >= 0.6 is 11.6 Å². The molecule has 0 spiro atoms. The Hall–Kier alpha value is -2.22. The Morgan fingerprint density at radius 1 is 0.907 bits per heavy atom. The number of rotatable bonds is 10. The second-order valence-electron chi connectivity index (χ2n) is 21.0. The lowest BCUT2D eigenvalue weighted by atomic mass is 9.33. The molecule has 298 valence electrons. The van der Waals surface area contributed by atoms with Crippen molar-refractivity contribution in [1.29, 1.82) is 0 Å². The van der Waals surface area contributed by atoms with Crippen molar-refractivity contribution in [1.82, 2.24) is 5.32 Å². The molecule has 0 aromatic heterocycles. The molecule has 0 radical (unpaired) electrons. The number of aliphatic hydroxyl groups excluding tert-OH is 1. The third kappa shape index (κ3) is 5.89. The van der Waals surface area contributed by atoms with E-state index < -0.39 is 28.9 Å². The first-order valence-corrected chi connectivity index (χ1v) is 21.4. The van der Waals surface area contributed by atoms with Gasteiger partial charge in [-0.1, -0.05) is 77.8 Å². The summed E-state index contributed by atoms with van der Waals surface area (Å²) in [5.74, 6) is 0.0483. The average molecular weight is 764 g/mol. The van der Waals surface area contributed by atoms with E-state index in [1.807, 2.05) is 12.1 Å². The Morgan fingerprint density at radius 3 is 2.19 bits per heavy atom. The third-order valence-corrected chi connectivity index (χ3v) is 17.5. The molecule has 3 N–H and O–H groups in total. The summed E-state index contributed by atoms with van der Waals surface area (Å²) in [5.41, 5.74) is 1.52. The number of aliphatic carboxylic acids is 1. The molecule has 7 rings (SSSR count). The van der Waals surface area contributed by atoms with Gasteiger partial charge in [-0.05, 0) is 141 Å². The fourth-order valence-electron chi connectivity index (χ4n) is 13.9. The molecule has 1 unspecified atom stereocenters. The predicted octanol–water partition coefficient (Wildman–Crippen LogP) is 9.67. The molecule has 0 aliphatic heterocycles. The largest absolute Gasteiger partial charge is 0.481 e. The molecule has 6 aliphatic rings. The highest BCUT2D eigenvalue weighted by atomic mass is 35.5. The van der Waals surface area contributed by atoms with Crippen molar-refractivity contribution in [3.8, 4) is 0 Å². The van der Waals surface area contributed by atoms with Gasteiger partial charge in [0.05, 0.1) is 17.9 Å². The number of Topliss-reactive ketones (excluding diaryl/α,β-unsaturated/α-hetero) is 1. The molecule has 6 aliphatic carbocycles. The smallest absolute Gasteiger partial charge is 0.309 e. The minimum atomic E-state index is -1.17. The van der Waals surface area contributed by atoms with E-state index in [2.05, 4.69) is 65.9 Å². The van der Waals surface area contributed by atoms with Crippen molar-refractivity contribution >= 4 is 29.3 Å². The van der Waals surface area contributed by atoms with Crippen LogP contribution in [0.2, 0.25) is 5.02 Å². The zero-order valence-electron chi connectivity index (χ0n) is 34.4. The van der Waals surface area contributed by atoms with E-state index in [0.717, 1.165) is 74.8 Å². The van der Waals surface area contributed by atoms with Crippen LogP contribution in [0.1, 0.15) is 145 Å². The number of esters is 1. The molecule has 5 saturated carbocycles. The van der Waals surface area contributed by atoms with Crippen LogP contribution in [-0.2, 0) is 24.7 Å². The van der Waals surface area contributed by atoms with Crippen molar-refractivity contribution in [3.05, 3.63) is 46.0 Å². The summed E-state index contributed by atoms with van der Waals surface area (Å²) < 4.78 is 6.18. The summed E-state index contributed by atoms with van der Waals surface area (Å²) in [7, 11) is 0. The molecule has 54 heavy (non-hydrogen) atoms. The van der Waals surface area contributed by atoms with Crippen LogP contribution in [-0.4, -0.2) is 46.7 Å². The van der Waals surface area contributed by atoms with Crippen molar-refractivity contribution in [3.63, 3.8) is 0 Å². The Morgan fingerprint density at radius 2 is 1.57 bits per heavy atom. The fraction of sp³-hybridized carbons (Fsp3) is 0.761. The van der Waals surface area contributed by atoms with Crippen molar-refractivity contribution < 1.29 is 29.3 Å². The molecule has 0 saturated heterocycles. The van der Waals surface area contributed by atoms with E-state index in [9.17, 15) is 24.6 Å². The summed E-state index contributed by atoms with van der Waals surface area (Å²) in [6, 6.07) is 8.08. The minimum absolute atomic E-state index is 0.0163. The molecule has 8 heteroatoms. The number of carboxylic acid groups (broad SMARTS) is 1. The number of ether oxygens (including phenoxy) is 1. The molecule has 5 fully saturated rings. The van der Waals surface area contributed by atoms with E-state index >= 15 is 0 Å².